The van der Waals surface area contributed by atoms with Crippen molar-refractivity contribution in [3.8, 4) is 0 Å². The molecule has 2 unspecified atom stereocenters. The molecule has 14 heavy (non-hydrogen) atoms. The summed E-state index contributed by atoms with van der Waals surface area (Å²) in [4.78, 5) is 2.66. The fraction of sp³-hybridized carbons (Fsp3) is 0.714. The van der Waals surface area contributed by atoms with Crippen LogP contribution >= 0.6 is 0 Å². The van der Waals surface area contributed by atoms with E-state index in [2.05, 4.69) is 10.0 Å². The van der Waals surface area contributed by atoms with Gasteiger partial charge in [-0.2, -0.15) is 8.42 Å². The van der Waals surface area contributed by atoms with E-state index in [1.165, 1.54) is 0 Å². The third kappa shape index (κ3) is 3.37. The molecule has 0 heterocycles. The summed E-state index contributed by atoms with van der Waals surface area (Å²) in [5.41, 5.74) is 8.26. The fourth-order valence-corrected chi connectivity index (χ4v) is 1.95. The van der Waals surface area contributed by atoms with Gasteiger partial charge < -0.3 is 0 Å². The molecule has 0 N–H and O–H groups in total. The van der Waals surface area contributed by atoms with Crippen molar-refractivity contribution in [3.05, 3.63) is 22.6 Å². The minimum Gasteiger partial charge on any atom is -0.266 e. The third-order valence-corrected chi connectivity index (χ3v) is 2.44. The Labute approximate surface area is 82.3 Å². The number of hydrogen-bond donors (Lipinski definition) is 0. The van der Waals surface area contributed by atoms with Crippen molar-refractivity contribution in [3.63, 3.8) is 0 Å². The average Bonchev–Trinajstić information content (AvgIpc) is 2.06. The van der Waals surface area contributed by atoms with Crippen molar-refractivity contribution < 1.29 is 12.6 Å². The number of azide groups is 1. The molecule has 0 fully saturated rings. The van der Waals surface area contributed by atoms with Crippen LogP contribution in [0.4, 0.5) is 0 Å². The molecule has 0 saturated heterocycles. The summed E-state index contributed by atoms with van der Waals surface area (Å²) in [7, 11) is -3.49. The van der Waals surface area contributed by atoms with Crippen LogP contribution in [0.5, 0.6) is 0 Å². The van der Waals surface area contributed by atoms with Crippen molar-refractivity contribution in [2.75, 3.05) is 6.26 Å². The monoisotopic (exact) mass is 217 g/mol. The third-order valence-electron chi connectivity index (χ3n) is 1.84. The topological polar surface area (TPSA) is 92.1 Å². The van der Waals surface area contributed by atoms with E-state index in [-0.39, 0.29) is 0 Å². The molecule has 0 saturated carbocycles. The molecular formula is C7H11N3O3S. The Morgan fingerprint density at radius 2 is 2.14 bits per heavy atom. The van der Waals surface area contributed by atoms with Crippen LogP contribution < -0.4 is 0 Å². The van der Waals surface area contributed by atoms with Gasteiger partial charge in [-0.15, -0.1) is 0 Å². The van der Waals surface area contributed by atoms with Gasteiger partial charge in [-0.3, -0.25) is 4.18 Å². The highest BCUT2D eigenvalue weighted by Crippen LogP contribution is 2.20. The molecule has 6 nitrogen and oxygen atoms in total. The lowest BCUT2D eigenvalue weighted by Crippen LogP contribution is -2.30. The molecule has 2 atom stereocenters. The molecule has 0 spiro atoms. The molecule has 0 aromatic carbocycles. The highest BCUT2D eigenvalue weighted by atomic mass is 32.2. The van der Waals surface area contributed by atoms with Crippen molar-refractivity contribution in [1.29, 1.82) is 0 Å². The maximum absolute atomic E-state index is 10.9. The van der Waals surface area contributed by atoms with Gasteiger partial charge in [0.05, 0.1) is 18.4 Å². The molecule has 1 aliphatic rings. The number of rotatable bonds is 3. The zero-order valence-corrected chi connectivity index (χ0v) is 8.51. The van der Waals surface area contributed by atoms with E-state index in [0.29, 0.717) is 12.8 Å². The van der Waals surface area contributed by atoms with E-state index in [9.17, 15) is 8.42 Å². The summed E-state index contributed by atoms with van der Waals surface area (Å²) in [5.74, 6) is 0. The summed E-state index contributed by atoms with van der Waals surface area (Å²) < 4.78 is 26.5. The molecular weight excluding hydrogens is 206 g/mol. The summed E-state index contributed by atoms with van der Waals surface area (Å²) in [5, 5.41) is 3.49. The Hall–Kier alpha value is -1.04. The summed E-state index contributed by atoms with van der Waals surface area (Å²) in [6, 6.07) is -0.431. The lowest BCUT2D eigenvalue weighted by Gasteiger charge is -2.23. The Bertz CT molecular complexity index is 370. The van der Waals surface area contributed by atoms with Gasteiger partial charge in [0.2, 0.25) is 0 Å². The largest absolute Gasteiger partial charge is 0.266 e. The standard InChI is InChI=1S/C7H11N3O3S/c1-14(11,12)13-7-5-3-2-4-6(7)9-10-8/h2-3,6-7H,4-5H2,1H3. The normalized spacial score (nSPS) is 26.9. The second-order valence-corrected chi connectivity index (χ2v) is 4.65. The lowest BCUT2D eigenvalue weighted by molar-refractivity contribution is 0.178. The van der Waals surface area contributed by atoms with E-state index in [4.69, 9.17) is 9.71 Å². The zero-order chi connectivity index (χ0) is 10.6. The van der Waals surface area contributed by atoms with Crippen LogP contribution in [0.3, 0.4) is 0 Å². The van der Waals surface area contributed by atoms with E-state index in [1.807, 2.05) is 12.2 Å². The number of hydrogen-bond acceptors (Lipinski definition) is 4. The molecule has 1 aliphatic carbocycles. The molecule has 78 valence electrons. The molecule has 7 heteroatoms. The zero-order valence-electron chi connectivity index (χ0n) is 7.70. The Balaban J connectivity index is 2.74. The highest BCUT2D eigenvalue weighted by Gasteiger charge is 2.25. The maximum atomic E-state index is 10.9. The lowest BCUT2D eigenvalue weighted by atomic mass is 10.00. The van der Waals surface area contributed by atoms with Crippen LogP contribution in [-0.4, -0.2) is 26.8 Å². The average molecular weight is 217 g/mol. The van der Waals surface area contributed by atoms with E-state index >= 15 is 0 Å². The van der Waals surface area contributed by atoms with Gasteiger partial charge in [0.15, 0.2) is 0 Å². The van der Waals surface area contributed by atoms with Gasteiger partial charge >= 0.3 is 0 Å². The SMILES string of the molecule is CS(=O)(=O)OC1CC=CCC1N=[N+]=[N-]. The van der Waals surface area contributed by atoms with E-state index in [1.54, 1.807) is 0 Å². The maximum Gasteiger partial charge on any atom is 0.264 e. The smallest absolute Gasteiger partial charge is 0.264 e. The van der Waals surface area contributed by atoms with Gasteiger partial charge in [-0.1, -0.05) is 17.3 Å². The predicted octanol–water partition coefficient (Wildman–Crippen LogP) is 1.36. The van der Waals surface area contributed by atoms with E-state index < -0.39 is 22.3 Å². The molecule has 0 aromatic heterocycles. The fourth-order valence-electron chi connectivity index (χ4n) is 1.29. The quantitative estimate of drug-likeness (QED) is 0.235. The van der Waals surface area contributed by atoms with Crippen molar-refractivity contribution in [2.45, 2.75) is 25.0 Å². The molecule has 0 aromatic rings. The predicted molar refractivity (Wildman–Crippen MR) is 51.0 cm³/mol. The first-order valence-corrected chi connectivity index (χ1v) is 5.92. The van der Waals surface area contributed by atoms with Crippen LogP contribution in [0.15, 0.2) is 17.3 Å². The summed E-state index contributed by atoms with van der Waals surface area (Å²) >= 11 is 0. The van der Waals surface area contributed by atoms with Gasteiger partial charge in [-0.05, 0) is 18.4 Å². The summed E-state index contributed by atoms with van der Waals surface area (Å²) in [6.07, 6.45) is 5.06. The van der Waals surface area contributed by atoms with Crippen molar-refractivity contribution in [1.82, 2.24) is 0 Å². The first-order valence-electron chi connectivity index (χ1n) is 4.10. The van der Waals surface area contributed by atoms with Gasteiger partial charge in [0.25, 0.3) is 10.1 Å². The van der Waals surface area contributed by atoms with E-state index in [0.717, 1.165) is 6.26 Å². The molecule has 1 rings (SSSR count). The minimum atomic E-state index is -3.49. The van der Waals surface area contributed by atoms with Crippen molar-refractivity contribution >= 4 is 10.1 Å². The first-order chi connectivity index (χ1) is 6.53. The summed E-state index contributed by atoms with van der Waals surface area (Å²) in [6.45, 7) is 0. The van der Waals surface area contributed by atoms with Crippen LogP contribution in [0, 0.1) is 0 Å². The van der Waals surface area contributed by atoms with Gasteiger partial charge in [-0.25, -0.2) is 0 Å². The van der Waals surface area contributed by atoms with Gasteiger partial charge in [0.1, 0.15) is 0 Å². The highest BCUT2D eigenvalue weighted by molar-refractivity contribution is 7.86. The first kappa shape index (κ1) is 11.0. The van der Waals surface area contributed by atoms with Crippen LogP contribution in [0.1, 0.15) is 12.8 Å². The number of nitrogens with zero attached hydrogens (tertiary/aromatic N) is 3. The van der Waals surface area contributed by atoms with Crippen LogP contribution in [0.2, 0.25) is 0 Å². The molecule has 0 bridgehead atoms. The van der Waals surface area contributed by atoms with Gasteiger partial charge in [0, 0.05) is 4.91 Å². The second kappa shape index (κ2) is 4.45. The van der Waals surface area contributed by atoms with Crippen LogP contribution in [0.25, 0.3) is 10.4 Å². The second-order valence-electron chi connectivity index (χ2n) is 3.05. The van der Waals surface area contributed by atoms with Crippen LogP contribution in [-0.2, 0) is 14.3 Å². The minimum absolute atomic E-state index is 0.431. The Kier molecular flexibility index (Phi) is 3.51. The molecule has 0 aliphatic heterocycles. The molecule has 0 radical (unpaired) electrons. The Morgan fingerprint density at radius 3 is 2.71 bits per heavy atom. The Morgan fingerprint density at radius 1 is 1.50 bits per heavy atom. The van der Waals surface area contributed by atoms with Crippen molar-refractivity contribution in [2.24, 2.45) is 5.11 Å². The molecule has 0 amide bonds.